The molecule has 0 aliphatic rings. The number of hydrogen-bond donors (Lipinski definition) is 2. The first kappa shape index (κ1) is 24.6. The zero-order valence-corrected chi connectivity index (χ0v) is 19.9. The summed E-state index contributed by atoms with van der Waals surface area (Å²) in [6.45, 7) is 4.01. The van der Waals surface area contributed by atoms with Crippen molar-refractivity contribution in [2.45, 2.75) is 26.4 Å². The summed E-state index contributed by atoms with van der Waals surface area (Å²) in [5.41, 5.74) is 2.75. The van der Waals surface area contributed by atoms with Crippen molar-refractivity contribution >= 4 is 17.5 Å². The number of ether oxygens (including phenoxy) is 3. The normalized spacial score (nSPS) is 11.3. The van der Waals surface area contributed by atoms with Crippen LogP contribution in [0.15, 0.2) is 66.7 Å². The van der Waals surface area contributed by atoms with Gasteiger partial charge < -0.3 is 24.8 Å². The molecule has 1 atom stereocenters. The minimum atomic E-state index is -0.734. The number of methoxy groups -OCH3 is 2. The molecular weight excluding hydrogens is 432 g/mol. The van der Waals surface area contributed by atoms with Crippen molar-refractivity contribution in [2.75, 3.05) is 26.1 Å². The maximum Gasteiger partial charge on any atom is 0.265 e. The Morgan fingerprint density at radius 1 is 0.882 bits per heavy atom. The Hall–Kier alpha value is -4.00. The van der Waals surface area contributed by atoms with Crippen LogP contribution in [0.4, 0.5) is 5.69 Å². The molecule has 7 nitrogen and oxygen atoms in total. The number of carbonyl (C=O) groups excluding carboxylic acids is 2. The number of para-hydroxylation sites is 2. The van der Waals surface area contributed by atoms with E-state index in [9.17, 15) is 9.59 Å². The second kappa shape index (κ2) is 11.7. The molecule has 2 amide bonds. The minimum absolute atomic E-state index is 0.274. The molecule has 0 bridgehead atoms. The summed E-state index contributed by atoms with van der Waals surface area (Å²) >= 11 is 0. The third-order valence-electron chi connectivity index (χ3n) is 5.34. The number of nitrogens with one attached hydrogen (secondary N) is 2. The van der Waals surface area contributed by atoms with Crippen LogP contribution in [0.5, 0.6) is 17.2 Å². The largest absolute Gasteiger partial charge is 0.493 e. The highest BCUT2D eigenvalue weighted by atomic mass is 16.5. The van der Waals surface area contributed by atoms with Crippen molar-refractivity contribution in [3.8, 4) is 17.2 Å². The van der Waals surface area contributed by atoms with Gasteiger partial charge in [0.1, 0.15) is 5.75 Å². The summed E-state index contributed by atoms with van der Waals surface area (Å²) in [4.78, 5) is 25.6. The molecule has 3 aromatic carbocycles. The van der Waals surface area contributed by atoms with Crippen molar-refractivity contribution in [1.82, 2.24) is 5.32 Å². The lowest BCUT2D eigenvalue weighted by Crippen LogP contribution is -2.32. The Morgan fingerprint density at radius 2 is 1.59 bits per heavy atom. The van der Waals surface area contributed by atoms with Crippen LogP contribution in [0.25, 0.3) is 0 Å². The van der Waals surface area contributed by atoms with Gasteiger partial charge in [0, 0.05) is 6.54 Å². The number of carbonyl (C=O) groups is 2. The number of hydrogen-bond acceptors (Lipinski definition) is 5. The summed E-state index contributed by atoms with van der Waals surface area (Å²) < 4.78 is 16.4. The number of amides is 2. The monoisotopic (exact) mass is 462 g/mol. The third kappa shape index (κ3) is 6.28. The lowest BCUT2D eigenvalue weighted by molar-refractivity contribution is -0.122. The molecule has 34 heavy (non-hydrogen) atoms. The molecule has 0 aromatic heterocycles. The zero-order valence-electron chi connectivity index (χ0n) is 19.9. The van der Waals surface area contributed by atoms with E-state index in [1.807, 2.05) is 49.4 Å². The molecule has 0 radical (unpaired) electrons. The van der Waals surface area contributed by atoms with E-state index in [0.29, 0.717) is 41.5 Å². The van der Waals surface area contributed by atoms with E-state index < -0.39 is 6.10 Å². The van der Waals surface area contributed by atoms with Crippen LogP contribution >= 0.6 is 0 Å². The first-order valence-corrected chi connectivity index (χ1v) is 11.0. The summed E-state index contributed by atoms with van der Waals surface area (Å²) in [5, 5.41) is 5.72. The van der Waals surface area contributed by atoms with Gasteiger partial charge in [-0.2, -0.15) is 0 Å². The molecule has 0 heterocycles. The van der Waals surface area contributed by atoms with E-state index in [0.717, 1.165) is 11.1 Å². The minimum Gasteiger partial charge on any atom is -0.493 e. The van der Waals surface area contributed by atoms with Gasteiger partial charge in [-0.1, -0.05) is 36.4 Å². The summed E-state index contributed by atoms with van der Waals surface area (Å²) in [6, 6.07) is 20.0. The van der Waals surface area contributed by atoms with Crippen LogP contribution in [0.2, 0.25) is 0 Å². The SMILES string of the molecule is COc1ccc(CCNC(=O)c2ccccc2NC(=O)[C@@H](C)Oc2ccccc2C)cc1OC. The van der Waals surface area contributed by atoms with Crippen LogP contribution in [-0.4, -0.2) is 38.7 Å². The first-order chi connectivity index (χ1) is 16.4. The second-order valence-corrected chi connectivity index (χ2v) is 7.76. The Balaban J connectivity index is 1.60. The summed E-state index contributed by atoms with van der Waals surface area (Å²) in [6.07, 6.45) is -0.121. The molecule has 0 saturated carbocycles. The fourth-order valence-corrected chi connectivity index (χ4v) is 3.41. The van der Waals surface area contributed by atoms with Crippen LogP contribution in [0.3, 0.4) is 0 Å². The van der Waals surface area contributed by atoms with Gasteiger partial charge in [0.15, 0.2) is 17.6 Å². The lowest BCUT2D eigenvalue weighted by atomic mass is 10.1. The number of rotatable bonds is 10. The molecule has 2 N–H and O–H groups in total. The first-order valence-electron chi connectivity index (χ1n) is 11.0. The highest BCUT2D eigenvalue weighted by Gasteiger charge is 2.19. The van der Waals surface area contributed by atoms with Gasteiger partial charge >= 0.3 is 0 Å². The number of benzene rings is 3. The van der Waals surface area contributed by atoms with E-state index in [1.54, 1.807) is 45.4 Å². The predicted octanol–water partition coefficient (Wildman–Crippen LogP) is 4.39. The second-order valence-electron chi connectivity index (χ2n) is 7.76. The topological polar surface area (TPSA) is 85.9 Å². The Bertz CT molecular complexity index is 1150. The lowest BCUT2D eigenvalue weighted by Gasteiger charge is -2.17. The highest BCUT2D eigenvalue weighted by molar-refractivity contribution is 6.04. The molecule has 0 fully saturated rings. The smallest absolute Gasteiger partial charge is 0.265 e. The number of anilines is 1. The fourth-order valence-electron chi connectivity index (χ4n) is 3.41. The molecule has 0 aliphatic carbocycles. The molecule has 0 aliphatic heterocycles. The Labute approximate surface area is 200 Å². The molecule has 3 rings (SSSR count). The van der Waals surface area contributed by atoms with Gasteiger partial charge in [-0.05, 0) is 61.7 Å². The fraction of sp³-hybridized carbons (Fsp3) is 0.259. The maximum atomic E-state index is 12.8. The summed E-state index contributed by atoms with van der Waals surface area (Å²) in [7, 11) is 3.17. The van der Waals surface area contributed by atoms with Crippen molar-refractivity contribution in [2.24, 2.45) is 0 Å². The van der Waals surface area contributed by atoms with E-state index >= 15 is 0 Å². The Morgan fingerprint density at radius 3 is 2.32 bits per heavy atom. The molecule has 7 heteroatoms. The average Bonchev–Trinajstić information content (AvgIpc) is 2.85. The standard InChI is InChI=1S/C27H30N2O5/c1-18-9-5-8-12-23(18)34-19(2)26(30)29-22-11-7-6-10-21(22)27(31)28-16-15-20-13-14-24(32-3)25(17-20)33-4/h5-14,17,19H,15-16H2,1-4H3,(H,28,31)(H,29,30)/t19-/m1/s1. The van der Waals surface area contributed by atoms with Crippen molar-refractivity contribution in [3.63, 3.8) is 0 Å². The molecule has 0 spiro atoms. The third-order valence-corrected chi connectivity index (χ3v) is 5.34. The van der Waals surface area contributed by atoms with Crippen LogP contribution in [0.1, 0.15) is 28.4 Å². The van der Waals surface area contributed by atoms with E-state index in [1.165, 1.54) is 0 Å². The highest BCUT2D eigenvalue weighted by Crippen LogP contribution is 2.27. The van der Waals surface area contributed by atoms with Crippen LogP contribution in [-0.2, 0) is 11.2 Å². The van der Waals surface area contributed by atoms with Crippen molar-refractivity contribution in [1.29, 1.82) is 0 Å². The molecular formula is C27H30N2O5. The zero-order chi connectivity index (χ0) is 24.5. The number of aryl methyl sites for hydroxylation is 1. The van der Waals surface area contributed by atoms with Gasteiger partial charge in [0.2, 0.25) is 0 Å². The van der Waals surface area contributed by atoms with E-state index in [-0.39, 0.29) is 11.8 Å². The molecule has 178 valence electrons. The van der Waals surface area contributed by atoms with Gasteiger partial charge in [-0.3, -0.25) is 9.59 Å². The summed E-state index contributed by atoms with van der Waals surface area (Å²) in [5.74, 6) is 1.33. The molecule has 0 unspecified atom stereocenters. The van der Waals surface area contributed by atoms with Crippen LogP contribution < -0.4 is 24.8 Å². The molecule has 3 aromatic rings. The van der Waals surface area contributed by atoms with E-state index in [4.69, 9.17) is 14.2 Å². The predicted molar refractivity (Wildman–Crippen MR) is 132 cm³/mol. The quantitative estimate of drug-likeness (QED) is 0.467. The van der Waals surface area contributed by atoms with Gasteiger partial charge in [-0.25, -0.2) is 0 Å². The van der Waals surface area contributed by atoms with Crippen molar-refractivity contribution in [3.05, 3.63) is 83.4 Å². The van der Waals surface area contributed by atoms with Gasteiger partial charge in [0.05, 0.1) is 25.5 Å². The van der Waals surface area contributed by atoms with Gasteiger partial charge in [-0.15, -0.1) is 0 Å². The van der Waals surface area contributed by atoms with E-state index in [2.05, 4.69) is 10.6 Å². The van der Waals surface area contributed by atoms with Crippen molar-refractivity contribution < 1.29 is 23.8 Å². The molecule has 0 saturated heterocycles. The van der Waals surface area contributed by atoms with Crippen LogP contribution in [0, 0.1) is 6.92 Å². The average molecular weight is 463 g/mol. The Kier molecular flexibility index (Phi) is 8.51. The van der Waals surface area contributed by atoms with Gasteiger partial charge in [0.25, 0.3) is 11.8 Å². The maximum absolute atomic E-state index is 12.8.